The van der Waals surface area contributed by atoms with E-state index in [1.165, 1.54) is 13.2 Å². The van der Waals surface area contributed by atoms with Crippen LogP contribution in [0.1, 0.15) is 29.2 Å². The SMILES string of the molecule is C=C(N/N=C/c1cc(CC)c(OCc2ccc(F)c(F)c2)c(OC)c1)c1ccc(N)c(Cl)c1. The monoisotopic (exact) mass is 471 g/mol. The number of hydrazone groups is 1. The fraction of sp³-hybridized carbons (Fsp3) is 0.160. The number of methoxy groups -OCH3 is 1. The Morgan fingerprint density at radius 3 is 2.61 bits per heavy atom. The lowest BCUT2D eigenvalue weighted by Crippen LogP contribution is -2.05. The van der Waals surface area contributed by atoms with Gasteiger partial charge >= 0.3 is 0 Å². The molecule has 3 N–H and O–H groups in total. The predicted molar refractivity (Wildman–Crippen MR) is 129 cm³/mol. The molecule has 0 unspecified atom stereocenters. The molecule has 0 bridgehead atoms. The van der Waals surface area contributed by atoms with E-state index in [-0.39, 0.29) is 6.61 Å². The molecule has 0 aliphatic rings. The van der Waals surface area contributed by atoms with Crippen LogP contribution in [0.15, 0.2) is 60.2 Å². The summed E-state index contributed by atoms with van der Waals surface area (Å²) in [5.74, 6) is -0.774. The third kappa shape index (κ3) is 6.02. The van der Waals surface area contributed by atoms with Gasteiger partial charge in [-0.05, 0) is 59.5 Å². The first-order valence-electron chi connectivity index (χ1n) is 10.1. The van der Waals surface area contributed by atoms with E-state index in [0.29, 0.717) is 39.9 Å². The third-order valence-corrected chi connectivity index (χ3v) is 5.21. The van der Waals surface area contributed by atoms with Gasteiger partial charge in [-0.15, -0.1) is 0 Å². The zero-order valence-corrected chi connectivity index (χ0v) is 19.0. The first-order chi connectivity index (χ1) is 15.8. The second-order valence-electron chi connectivity index (χ2n) is 7.19. The summed E-state index contributed by atoms with van der Waals surface area (Å²) in [5, 5.41) is 4.68. The number of ether oxygens (including phenoxy) is 2. The minimum absolute atomic E-state index is 0.0690. The van der Waals surface area contributed by atoms with Crippen LogP contribution in [0, 0.1) is 11.6 Å². The number of anilines is 1. The van der Waals surface area contributed by atoms with Crippen LogP contribution in [0.3, 0.4) is 0 Å². The topological polar surface area (TPSA) is 68.9 Å². The van der Waals surface area contributed by atoms with Crippen molar-refractivity contribution in [3.8, 4) is 11.5 Å². The average molecular weight is 472 g/mol. The van der Waals surface area contributed by atoms with Crippen molar-refractivity contribution in [3.63, 3.8) is 0 Å². The van der Waals surface area contributed by atoms with Gasteiger partial charge in [0.25, 0.3) is 0 Å². The summed E-state index contributed by atoms with van der Waals surface area (Å²) in [6.07, 6.45) is 2.29. The number of halogens is 3. The summed E-state index contributed by atoms with van der Waals surface area (Å²) in [6, 6.07) is 12.6. The maximum Gasteiger partial charge on any atom is 0.164 e. The number of aryl methyl sites for hydroxylation is 1. The highest BCUT2D eigenvalue weighted by Gasteiger charge is 2.13. The molecule has 172 valence electrons. The number of nitrogens with two attached hydrogens (primary N) is 1. The third-order valence-electron chi connectivity index (χ3n) is 4.88. The fourth-order valence-corrected chi connectivity index (χ4v) is 3.27. The second kappa shape index (κ2) is 10.8. The van der Waals surface area contributed by atoms with Crippen molar-refractivity contribution in [2.24, 2.45) is 5.10 Å². The lowest BCUT2D eigenvalue weighted by atomic mass is 10.1. The molecule has 0 aliphatic carbocycles. The number of nitrogen functional groups attached to an aromatic ring is 1. The van der Waals surface area contributed by atoms with Crippen LogP contribution >= 0.6 is 11.6 Å². The molecule has 0 fully saturated rings. The van der Waals surface area contributed by atoms with Crippen molar-refractivity contribution in [3.05, 3.63) is 94.0 Å². The zero-order valence-electron chi connectivity index (χ0n) is 18.3. The molecule has 3 rings (SSSR count). The number of hydrogen-bond acceptors (Lipinski definition) is 5. The van der Waals surface area contributed by atoms with Crippen molar-refractivity contribution >= 4 is 29.2 Å². The zero-order chi connectivity index (χ0) is 24.0. The minimum Gasteiger partial charge on any atom is -0.493 e. The van der Waals surface area contributed by atoms with Crippen LogP contribution in [0.25, 0.3) is 5.70 Å². The van der Waals surface area contributed by atoms with Crippen molar-refractivity contribution in [1.82, 2.24) is 5.43 Å². The molecule has 0 atom stereocenters. The van der Waals surface area contributed by atoms with Gasteiger partial charge in [0, 0.05) is 5.56 Å². The Hall–Kier alpha value is -3.58. The Bertz CT molecular complexity index is 1170. The standard InChI is InChI=1S/C25H24ClF2N3O2/c1-4-18-9-17(13-30-31-15(2)19-6-8-23(29)20(26)12-19)11-24(32-3)25(18)33-14-16-5-7-21(27)22(28)10-16/h5-13,31H,2,4,14,29H2,1,3H3/b30-13+. The quantitative estimate of drug-likeness (QED) is 0.230. The molecule has 8 heteroatoms. The lowest BCUT2D eigenvalue weighted by Gasteiger charge is -2.16. The first kappa shape index (κ1) is 24.1. The van der Waals surface area contributed by atoms with Gasteiger partial charge in [0.2, 0.25) is 0 Å². The van der Waals surface area contributed by atoms with E-state index in [0.717, 1.165) is 28.8 Å². The molecule has 0 saturated heterocycles. The van der Waals surface area contributed by atoms with E-state index in [1.807, 2.05) is 13.0 Å². The van der Waals surface area contributed by atoms with Crippen LogP contribution in [0.2, 0.25) is 5.02 Å². The fourth-order valence-electron chi connectivity index (χ4n) is 3.09. The summed E-state index contributed by atoms with van der Waals surface area (Å²) in [6.45, 7) is 6.00. The summed E-state index contributed by atoms with van der Waals surface area (Å²) in [5.41, 5.74) is 12.6. The van der Waals surface area contributed by atoms with Gasteiger partial charge in [-0.1, -0.05) is 37.2 Å². The van der Waals surface area contributed by atoms with Gasteiger partial charge < -0.3 is 15.2 Å². The lowest BCUT2D eigenvalue weighted by molar-refractivity contribution is 0.281. The Morgan fingerprint density at radius 1 is 1.15 bits per heavy atom. The molecule has 0 aromatic heterocycles. The van der Waals surface area contributed by atoms with Crippen molar-refractivity contribution in [1.29, 1.82) is 0 Å². The van der Waals surface area contributed by atoms with Crippen molar-refractivity contribution < 1.29 is 18.3 Å². The van der Waals surface area contributed by atoms with Crippen molar-refractivity contribution in [2.75, 3.05) is 12.8 Å². The first-order valence-corrected chi connectivity index (χ1v) is 10.5. The van der Waals surface area contributed by atoms with E-state index in [4.69, 9.17) is 26.8 Å². The van der Waals surface area contributed by atoms with E-state index in [9.17, 15) is 8.78 Å². The van der Waals surface area contributed by atoms with Crippen molar-refractivity contribution in [2.45, 2.75) is 20.0 Å². The van der Waals surface area contributed by atoms with E-state index in [1.54, 1.807) is 30.5 Å². The van der Waals surface area contributed by atoms with Crippen LogP contribution in [-0.2, 0) is 13.0 Å². The molecule has 0 amide bonds. The molecule has 0 heterocycles. The molecule has 0 saturated carbocycles. The van der Waals surface area contributed by atoms with Crippen LogP contribution in [0.4, 0.5) is 14.5 Å². The number of nitrogens with zero attached hydrogens (tertiary/aromatic N) is 1. The smallest absolute Gasteiger partial charge is 0.164 e. The molecule has 3 aromatic rings. The number of hydrogen-bond donors (Lipinski definition) is 2. The maximum atomic E-state index is 13.5. The Labute approximate surface area is 196 Å². The van der Waals surface area contributed by atoms with E-state index in [2.05, 4.69) is 17.1 Å². The number of rotatable bonds is 9. The van der Waals surface area contributed by atoms with Gasteiger partial charge in [0.1, 0.15) is 6.61 Å². The highest BCUT2D eigenvalue weighted by Crippen LogP contribution is 2.34. The summed E-state index contributed by atoms with van der Waals surface area (Å²) in [7, 11) is 1.53. The van der Waals surface area contributed by atoms with Crippen LogP contribution in [-0.4, -0.2) is 13.3 Å². The Balaban J connectivity index is 1.74. The summed E-state index contributed by atoms with van der Waals surface area (Å²) in [4.78, 5) is 0. The molecule has 0 spiro atoms. The highest BCUT2D eigenvalue weighted by molar-refractivity contribution is 6.33. The molecular formula is C25H24ClF2N3O2. The number of nitrogens with one attached hydrogen (secondary N) is 1. The van der Waals surface area contributed by atoms with Crippen LogP contribution in [0.5, 0.6) is 11.5 Å². The number of benzene rings is 3. The van der Waals surface area contributed by atoms with Crippen LogP contribution < -0.4 is 20.6 Å². The predicted octanol–water partition coefficient (Wildman–Crippen LogP) is 5.94. The maximum absolute atomic E-state index is 13.5. The van der Waals surface area contributed by atoms with E-state index >= 15 is 0 Å². The Kier molecular flexibility index (Phi) is 7.90. The summed E-state index contributed by atoms with van der Waals surface area (Å²) < 4.78 is 38.0. The molecular weight excluding hydrogens is 448 g/mol. The highest BCUT2D eigenvalue weighted by atomic mass is 35.5. The van der Waals surface area contributed by atoms with Gasteiger partial charge in [-0.2, -0.15) is 5.10 Å². The van der Waals surface area contributed by atoms with Gasteiger partial charge in [-0.25, -0.2) is 8.78 Å². The molecule has 33 heavy (non-hydrogen) atoms. The second-order valence-corrected chi connectivity index (χ2v) is 7.59. The molecule has 3 aromatic carbocycles. The average Bonchev–Trinajstić information content (AvgIpc) is 2.81. The largest absolute Gasteiger partial charge is 0.493 e. The van der Waals surface area contributed by atoms with Gasteiger partial charge in [-0.3, -0.25) is 5.43 Å². The minimum atomic E-state index is -0.916. The molecule has 0 radical (unpaired) electrons. The summed E-state index contributed by atoms with van der Waals surface area (Å²) >= 11 is 6.06. The van der Waals surface area contributed by atoms with E-state index < -0.39 is 11.6 Å². The van der Waals surface area contributed by atoms with Gasteiger partial charge in [0.05, 0.1) is 29.7 Å². The molecule has 0 aliphatic heterocycles. The molecule has 5 nitrogen and oxygen atoms in total. The Morgan fingerprint density at radius 2 is 1.94 bits per heavy atom. The normalized spacial score (nSPS) is 10.9. The van der Waals surface area contributed by atoms with Gasteiger partial charge in [0.15, 0.2) is 23.1 Å².